The Morgan fingerprint density at radius 2 is 1.77 bits per heavy atom. The zero-order valence-corrected chi connectivity index (χ0v) is 21.8. The van der Waals surface area contributed by atoms with Crippen LogP contribution in [0.5, 0.6) is 11.5 Å². The van der Waals surface area contributed by atoms with Gasteiger partial charge in [-0.05, 0) is 67.6 Å². The van der Waals surface area contributed by atoms with E-state index < -0.39 is 5.82 Å². The standard InChI is InChI=1S/C30H26FN7O2/c1-39-21-12-17(11-19(31)14-21)23-9-10-33-29-26(23)35-30(36-29)28-27-25(37-38-28)8-7-24(34-27)18-13-22(16-32-15-18)40-20-5-3-2-4-6-20/h7-16,20H,2-6H2,1H3,(H,37,38)(H,33,35,36). The van der Waals surface area contributed by atoms with Gasteiger partial charge < -0.3 is 14.5 Å². The Balaban J connectivity index is 1.26. The maximum Gasteiger partial charge on any atom is 0.162 e. The summed E-state index contributed by atoms with van der Waals surface area (Å²) < 4.78 is 25.7. The second-order valence-electron chi connectivity index (χ2n) is 9.97. The number of halogens is 1. The number of hydrogen-bond acceptors (Lipinski definition) is 7. The predicted molar refractivity (Wildman–Crippen MR) is 149 cm³/mol. The third kappa shape index (κ3) is 4.51. The highest BCUT2D eigenvalue weighted by molar-refractivity contribution is 5.95. The molecular weight excluding hydrogens is 509 g/mol. The summed E-state index contributed by atoms with van der Waals surface area (Å²) in [6.07, 6.45) is 11.3. The molecular formula is C30H26FN7O2. The lowest BCUT2D eigenvalue weighted by Gasteiger charge is -2.22. The topological polar surface area (TPSA) is 114 Å². The molecule has 1 fully saturated rings. The van der Waals surface area contributed by atoms with Crippen molar-refractivity contribution in [2.24, 2.45) is 0 Å². The van der Waals surface area contributed by atoms with Crippen molar-refractivity contribution in [3.05, 3.63) is 66.9 Å². The zero-order chi connectivity index (χ0) is 27.1. The molecule has 6 aromatic rings. The van der Waals surface area contributed by atoms with Gasteiger partial charge in [0.25, 0.3) is 0 Å². The zero-order valence-electron chi connectivity index (χ0n) is 21.8. The summed E-state index contributed by atoms with van der Waals surface area (Å²) in [7, 11) is 1.51. The quantitative estimate of drug-likeness (QED) is 0.251. The van der Waals surface area contributed by atoms with E-state index >= 15 is 0 Å². The molecule has 0 radical (unpaired) electrons. The van der Waals surface area contributed by atoms with Gasteiger partial charge in [-0.25, -0.2) is 19.3 Å². The van der Waals surface area contributed by atoms with Crippen molar-refractivity contribution in [1.29, 1.82) is 0 Å². The summed E-state index contributed by atoms with van der Waals surface area (Å²) in [5.74, 6) is 1.28. The van der Waals surface area contributed by atoms with Crippen LogP contribution >= 0.6 is 0 Å². The van der Waals surface area contributed by atoms with Crippen LogP contribution in [0.3, 0.4) is 0 Å². The SMILES string of the molecule is COc1cc(F)cc(-c2ccnc3[nH]c(-c4n[nH]c5ccc(-c6cncc(OC7CCCCC7)c6)nc45)nc23)c1. The van der Waals surface area contributed by atoms with E-state index in [2.05, 4.69) is 25.1 Å². The number of ether oxygens (including phenoxy) is 2. The number of benzene rings is 1. The first-order valence-electron chi connectivity index (χ1n) is 13.3. The van der Waals surface area contributed by atoms with E-state index in [9.17, 15) is 4.39 Å². The monoisotopic (exact) mass is 535 g/mol. The number of rotatable bonds is 6. The lowest BCUT2D eigenvalue weighted by atomic mass is 9.98. The third-order valence-corrected chi connectivity index (χ3v) is 7.30. The number of H-pyrrole nitrogens is 2. The first kappa shape index (κ1) is 24.2. The molecule has 2 N–H and O–H groups in total. The molecule has 0 amide bonds. The van der Waals surface area contributed by atoms with E-state index in [1.54, 1.807) is 30.7 Å². The van der Waals surface area contributed by atoms with Crippen LogP contribution in [0.1, 0.15) is 32.1 Å². The first-order valence-corrected chi connectivity index (χ1v) is 13.3. The second kappa shape index (κ2) is 10.0. The Morgan fingerprint density at radius 3 is 2.65 bits per heavy atom. The van der Waals surface area contributed by atoms with Gasteiger partial charge in [0.1, 0.15) is 28.3 Å². The minimum Gasteiger partial charge on any atom is -0.497 e. The van der Waals surface area contributed by atoms with Crippen molar-refractivity contribution in [1.82, 2.24) is 35.1 Å². The van der Waals surface area contributed by atoms with Crippen LogP contribution in [0.25, 0.3) is 56.1 Å². The summed E-state index contributed by atoms with van der Waals surface area (Å²) in [5.41, 5.74) is 6.09. The molecule has 0 bridgehead atoms. The van der Waals surface area contributed by atoms with Crippen LogP contribution in [0, 0.1) is 5.82 Å². The number of imidazole rings is 1. The highest BCUT2D eigenvalue weighted by Crippen LogP contribution is 2.33. The van der Waals surface area contributed by atoms with Gasteiger partial charge in [-0.1, -0.05) is 6.42 Å². The molecule has 7 rings (SSSR count). The van der Waals surface area contributed by atoms with Crippen LogP contribution in [0.4, 0.5) is 4.39 Å². The van der Waals surface area contributed by atoms with Crippen LogP contribution in [-0.2, 0) is 0 Å². The van der Waals surface area contributed by atoms with E-state index in [0.29, 0.717) is 39.5 Å². The average molecular weight is 536 g/mol. The first-order chi connectivity index (χ1) is 19.6. The van der Waals surface area contributed by atoms with Crippen molar-refractivity contribution >= 4 is 22.2 Å². The van der Waals surface area contributed by atoms with Crippen LogP contribution in [0.15, 0.2) is 61.1 Å². The average Bonchev–Trinajstić information content (AvgIpc) is 3.61. The fourth-order valence-corrected chi connectivity index (χ4v) is 5.32. The van der Waals surface area contributed by atoms with Crippen molar-refractivity contribution in [3.8, 4) is 45.4 Å². The van der Waals surface area contributed by atoms with E-state index in [1.807, 2.05) is 18.2 Å². The molecule has 1 aliphatic rings. The van der Waals surface area contributed by atoms with Gasteiger partial charge in [-0.15, -0.1) is 0 Å². The van der Waals surface area contributed by atoms with Crippen LogP contribution < -0.4 is 9.47 Å². The Hall–Kier alpha value is -4.86. The summed E-state index contributed by atoms with van der Waals surface area (Å²) in [4.78, 5) is 21.8. The Kier molecular flexibility index (Phi) is 6.07. The van der Waals surface area contributed by atoms with Gasteiger partial charge in [0.05, 0.1) is 30.6 Å². The van der Waals surface area contributed by atoms with E-state index in [0.717, 1.165) is 40.9 Å². The van der Waals surface area contributed by atoms with Crippen LogP contribution in [-0.4, -0.2) is 48.3 Å². The molecule has 1 aromatic carbocycles. The van der Waals surface area contributed by atoms with Crippen LogP contribution in [0.2, 0.25) is 0 Å². The Labute approximate surface area is 228 Å². The number of fused-ring (bicyclic) bond motifs is 2. The molecule has 0 unspecified atom stereocenters. The van der Waals surface area contributed by atoms with E-state index in [-0.39, 0.29) is 6.10 Å². The summed E-state index contributed by atoms with van der Waals surface area (Å²) in [6, 6.07) is 12.2. The fraction of sp³-hybridized carbons (Fsp3) is 0.233. The number of nitrogens with one attached hydrogen (secondary N) is 2. The fourth-order valence-electron chi connectivity index (χ4n) is 5.32. The number of aromatic amines is 2. The van der Waals surface area contributed by atoms with Crippen molar-refractivity contribution < 1.29 is 13.9 Å². The number of methoxy groups -OCH3 is 1. The number of pyridine rings is 3. The lowest BCUT2D eigenvalue weighted by Crippen LogP contribution is -2.19. The number of aromatic nitrogens is 7. The molecule has 9 nitrogen and oxygen atoms in total. The summed E-state index contributed by atoms with van der Waals surface area (Å²) in [6.45, 7) is 0. The largest absolute Gasteiger partial charge is 0.497 e. The van der Waals surface area contributed by atoms with Crippen molar-refractivity contribution in [2.45, 2.75) is 38.2 Å². The molecule has 200 valence electrons. The van der Waals surface area contributed by atoms with E-state index in [1.165, 1.54) is 38.5 Å². The van der Waals surface area contributed by atoms with Gasteiger partial charge in [0.2, 0.25) is 0 Å². The molecule has 10 heteroatoms. The second-order valence-corrected chi connectivity index (χ2v) is 9.97. The minimum absolute atomic E-state index is 0.238. The molecule has 40 heavy (non-hydrogen) atoms. The molecule has 0 spiro atoms. The maximum absolute atomic E-state index is 14.3. The van der Waals surface area contributed by atoms with Gasteiger partial charge in [0, 0.05) is 29.6 Å². The minimum atomic E-state index is -0.396. The van der Waals surface area contributed by atoms with Crippen molar-refractivity contribution in [2.75, 3.05) is 7.11 Å². The van der Waals surface area contributed by atoms with Gasteiger partial charge in [0.15, 0.2) is 17.2 Å². The van der Waals surface area contributed by atoms with Crippen molar-refractivity contribution in [3.63, 3.8) is 0 Å². The molecule has 0 saturated heterocycles. The smallest absolute Gasteiger partial charge is 0.162 e. The number of nitrogens with zero attached hydrogens (tertiary/aromatic N) is 5. The maximum atomic E-state index is 14.3. The summed E-state index contributed by atoms with van der Waals surface area (Å²) in [5, 5.41) is 7.55. The molecule has 1 saturated carbocycles. The lowest BCUT2D eigenvalue weighted by molar-refractivity contribution is 0.154. The molecule has 1 aliphatic carbocycles. The predicted octanol–water partition coefficient (Wildman–Crippen LogP) is 6.48. The molecule has 0 atom stereocenters. The molecule has 0 aliphatic heterocycles. The summed E-state index contributed by atoms with van der Waals surface area (Å²) >= 11 is 0. The highest BCUT2D eigenvalue weighted by atomic mass is 19.1. The number of hydrogen-bond donors (Lipinski definition) is 2. The molecule has 5 aromatic heterocycles. The van der Waals surface area contributed by atoms with Gasteiger partial charge >= 0.3 is 0 Å². The van der Waals surface area contributed by atoms with Gasteiger partial charge in [-0.3, -0.25) is 10.1 Å². The highest BCUT2D eigenvalue weighted by Gasteiger charge is 2.19. The normalized spacial score (nSPS) is 14.2. The Morgan fingerprint density at radius 1 is 0.900 bits per heavy atom. The third-order valence-electron chi connectivity index (χ3n) is 7.30. The molecule has 5 heterocycles. The van der Waals surface area contributed by atoms with E-state index in [4.69, 9.17) is 19.4 Å². The Bertz CT molecular complexity index is 1840. The van der Waals surface area contributed by atoms with Gasteiger partial charge in [-0.2, -0.15) is 5.10 Å².